The maximum Gasteiger partial charge on any atom is 0.310 e. The molecule has 8 heteroatoms. The van der Waals surface area contributed by atoms with Gasteiger partial charge in [-0.05, 0) is 25.0 Å². The van der Waals surface area contributed by atoms with Gasteiger partial charge in [0.05, 0.1) is 4.92 Å². The molecule has 0 saturated carbocycles. The Hall–Kier alpha value is -1.67. The van der Waals surface area contributed by atoms with Gasteiger partial charge in [-0.1, -0.05) is 6.07 Å². The van der Waals surface area contributed by atoms with Crippen LogP contribution in [0.15, 0.2) is 23.1 Å². The van der Waals surface area contributed by atoms with Gasteiger partial charge in [0.25, 0.3) is 0 Å². The quantitative estimate of drug-likeness (QED) is 0.669. The fraction of sp³-hybridized carbons (Fsp3) is 0.500. The normalized spacial score (nSPS) is 16.9. The molecule has 2 rings (SSSR count). The van der Waals surface area contributed by atoms with E-state index in [-0.39, 0.29) is 22.3 Å². The van der Waals surface area contributed by atoms with E-state index in [0.717, 1.165) is 19.1 Å². The molecule has 20 heavy (non-hydrogen) atoms. The number of benzene rings is 1. The summed E-state index contributed by atoms with van der Waals surface area (Å²) >= 11 is 0. The molecule has 110 valence electrons. The van der Waals surface area contributed by atoms with Crippen LogP contribution in [0.1, 0.15) is 12.8 Å². The van der Waals surface area contributed by atoms with Gasteiger partial charge < -0.3 is 10.1 Å². The standard InChI is InChI=1S/C12H16N2O5S/c1-20(17,18)11-4-2-3-10(12(11)14(15)16)13-9-5-7-19-8-6-9/h2-4,9,13H,5-8H2,1H3. The predicted octanol–water partition coefficient (Wildman–Crippen LogP) is 1.59. The number of nitro groups is 1. The van der Waals surface area contributed by atoms with E-state index in [0.29, 0.717) is 13.2 Å². The Morgan fingerprint density at radius 1 is 1.35 bits per heavy atom. The highest BCUT2D eigenvalue weighted by atomic mass is 32.2. The van der Waals surface area contributed by atoms with E-state index in [9.17, 15) is 18.5 Å². The fourth-order valence-electron chi connectivity index (χ4n) is 2.19. The number of nitrogens with zero attached hydrogens (tertiary/aromatic N) is 1. The summed E-state index contributed by atoms with van der Waals surface area (Å²) in [5, 5.41) is 14.3. The lowest BCUT2D eigenvalue weighted by molar-refractivity contribution is -0.386. The van der Waals surface area contributed by atoms with E-state index in [1.54, 1.807) is 0 Å². The summed E-state index contributed by atoms with van der Waals surface area (Å²) in [5.74, 6) is 0. The number of nitrogens with one attached hydrogen (secondary N) is 1. The molecule has 0 aliphatic carbocycles. The smallest absolute Gasteiger partial charge is 0.310 e. The third-order valence-electron chi connectivity index (χ3n) is 3.16. The summed E-state index contributed by atoms with van der Waals surface area (Å²) in [4.78, 5) is 10.3. The van der Waals surface area contributed by atoms with Gasteiger partial charge >= 0.3 is 5.69 Å². The monoisotopic (exact) mass is 300 g/mol. The molecule has 1 N–H and O–H groups in total. The van der Waals surface area contributed by atoms with Crippen molar-refractivity contribution in [3.05, 3.63) is 28.3 Å². The summed E-state index contributed by atoms with van der Waals surface area (Å²) in [6.07, 6.45) is 2.44. The molecule has 0 radical (unpaired) electrons. The van der Waals surface area contributed by atoms with E-state index in [4.69, 9.17) is 4.74 Å². The molecule has 1 aliphatic rings. The van der Waals surface area contributed by atoms with E-state index in [2.05, 4.69) is 5.32 Å². The van der Waals surface area contributed by atoms with Crippen LogP contribution in [0.25, 0.3) is 0 Å². The largest absolute Gasteiger partial charge is 0.381 e. The first-order valence-corrected chi connectivity index (χ1v) is 8.10. The molecule has 1 heterocycles. The molecule has 1 aliphatic heterocycles. The average molecular weight is 300 g/mol. The number of anilines is 1. The van der Waals surface area contributed by atoms with Crippen LogP contribution in [-0.2, 0) is 14.6 Å². The van der Waals surface area contributed by atoms with Gasteiger partial charge in [0.15, 0.2) is 9.84 Å². The highest BCUT2D eigenvalue weighted by Crippen LogP contribution is 2.33. The van der Waals surface area contributed by atoms with Gasteiger partial charge in [-0.25, -0.2) is 8.42 Å². The summed E-state index contributed by atoms with van der Waals surface area (Å²) in [5.41, 5.74) is -0.147. The molecule has 7 nitrogen and oxygen atoms in total. The summed E-state index contributed by atoms with van der Waals surface area (Å²) in [6.45, 7) is 1.19. The Labute approximate surface area is 117 Å². The Bertz CT molecular complexity index is 608. The van der Waals surface area contributed by atoms with E-state index in [1.165, 1.54) is 18.2 Å². The van der Waals surface area contributed by atoms with Crippen molar-refractivity contribution in [2.75, 3.05) is 24.8 Å². The minimum atomic E-state index is -3.65. The van der Waals surface area contributed by atoms with Crippen LogP contribution in [-0.4, -0.2) is 38.9 Å². The highest BCUT2D eigenvalue weighted by molar-refractivity contribution is 7.90. The average Bonchev–Trinajstić information content (AvgIpc) is 2.38. The van der Waals surface area contributed by atoms with Crippen molar-refractivity contribution in [2.45, 2.75) is 23.8 Å². The van der Waals surface area contributed by atoms with Crippen molar-refractivity contribution >= 4 is 21.2 Å². The molecular formula is C12H16N2O5S. The second-order valence-corrected chi connectivity index (χ2v) is 6.70. The second-order valence-electron chi connectivity index (χ2n) is 4.71. The van der Waals surface area contributed by atoms with Crippen LogP contribution in [0.5, 0.6) is 0 Å². The van der Waals surface area contributed by atoms with Gasteiger partial charge in [-0.15, -0.1) is 0 Å². The molecule has 0 spiro atoms. The van der Waals surface area contributed by atoms with E-state index >= 15 is 0 Å². The third kappa shape index (κ3) is 3.26. The number of sulfone groups is 1. The van der Waals surface area contributed by atoms with Crippen LogP contribution in [0.4, 0.5) is 11.4 Å². The Kier molecular flexibility index (Phi) is 4.24. The maximum atomic E-state index is 11.7. The van der Waals surface area contributed by atoms with Crippen molar-refractivity contribution in [3.8, 4) is 0 Å². The zero-order valence-corrected chi connectivity index (χ0v) is 11.9. The number of rotatable bonds is 4. The number of para-hydroxylation sites is 1. The van der Waals surface area contributed by atoms with Crippen LogP contribution in [0.3, 0.4) is 0 Å². The second kappa shape index (κ2) is 5.76. The minimum Gasteiger partial charge on any atom is -0.381 e. The molecule has 0 amide bonds. The molecule has 0 bridgehead atoms. The van der Waals surface area contributed by atoms with Crippen molar-refractivity contribution in [2.24, 2.45) is 0 Å². The zero-order valence-electron chi connectivity index (χ0n) is 11.0. The molecule has 1 aromatic rings. The van der Waals surface area contributed by atoms with E-state index in [1.807, 2.05) is 0 Å². The fourth-order valence-corrected chi connectivity index (χ4v) is 3.05. The van der Waals surface area contributed by atoms with Crippen molar-refractivity contribution in [1.29, 1.82) is 0 Å². The van der Waals surface area contributed by atoms with Gasteiger partial charge in [0.1, 0.15) is 10.6 Å². The summed E-state index contributed by atoms with van der Waals surface area (Å²) < 4.78 is 28.5. The SMILES string of the molecule is CS(=O)(=O)c1cccc(NC2CCOCC2)c1[N+](=O)[O-]. The highest BCUT2D eigenvalue weighted by Gasteiger charge is 2.27. The number of hydrogen-bond donors (Lipinski definition) is 1. The molecule has 1 fully saturated rings. The van der Waals surface area contributed by atoms with Crippen LogP contribution in [0, 0.1) is 10.1 Å². The van der Waals surface area contributed by atoms with Crippen molar-refractivity contribution in [1.82, 2.24) is 0 Å². The Morgan fingerprint density at radius 2 is 2.00 bits per heavy atom. The molecule has 0 unspecified atom stereocenters. The number of nitro benzene ring substituents is 1. The molecule has 0 atom stereocenters. The first kappa shape index (κ1) is 14.7. The Morgan fingerprint density at radius 3 is 2.55 bits per heavy atom. The lowest BCUT2D eigenvalue weighted by atomic mass is 10.1. The molecule has 1 aromatic carbocycles. The van der Waals surface area contributed by atoms with Crippen LogP contribution < -0.4 is 5.32 Å². The third-order valence-corrected chi connectivity index (χ3v) is 4.29. The lowest BCUT2D eigenvalue weighted by Crippen LogP contribution is -2.28. The zero-order chi connectivity index (χ0) is 14.8. The van der Waals surface area contributed by atoms with Crippen molar-refractivity contribution < 1.29 is 18.1 Å². The topological polar surface area (TPSA) is 98.5 Å². The molecular weight excluding hydrogens is 284 g/mol. The van der Waals surface area contributed by atoms with Gasteiger partial charge in [-0.2, -0.15) is 0 Å². The first-order chi connectivity index (χ1) is 9.39. The van der Waals surface area contributed by atoms with Crippen molar-refractivity contribution in [3.63, 3.8) is 0 Å². The minimum absolute atomic E-state index is 0.0530. The van der Waals surface area contributed by atoms with E-state index < -0.39 is 14.8 Å². The van der Waals surface area contributed by atoms with Crippen LogP contribution >= 0.6 is 0 Å². The first-order valence-electron chi connectivity index (χ1n) is 6.21. The predicted molar refractivity (Wildman–Crippen MR) is 73.7 cm³/mol. The van der Waals surface area contributed by atoms with Gasteiger partial charge in [0.2, 0.25) is 0 Å². The number of ether oxygens (including phenoxy) is 1. The maximum absolute atomic E-state index is 11.7. The summed E-state index contributed by atoms with van der Waals surface area (Å²) in [7, 11) is -3.65. The van der Waals surface area contributed by atoms with Gasteiger partial charge in [0, 0.05) is 25.5 Å². The number of hydrogen-bond acceptors (Lipinski definition) is 6. The Balaban J connectivity index is 2.39. The van der Waals surface area contributed by atoms with Crippen LogP contribution in [0.2, 0.25) is 0 Å². The summed E-state index contributed by atoms with van der Waals surface area (Å²) in [6, 6.07) is 4.34. The van der Waals surface area contributed by atoms with Gasteiger partial charge in [-0.3, -0.25) is 10.1 Å². The molecule has 1 saturated heterocycles. The molecule has 0 aromatic heterocycles. The lowest BCUT2D eigenvalue weighted by Gasteiger charge is -2.24.